The van der Waals surface area contributed by atoms with Gasteiger partial charge in [0.15, 0.2) is 0 Å². The van der Waals surface area contributed by atoms with Crippen LogP contribution in [0, 0.1) is 17.8 Å². The zero-order valence-electron chi connectivity index (χ0n) is 8.81. The van der Waals surface area contributed by atoms with E-state index in [1.165, 1.54) is 32.1 Å². The van der Waals surface area contributed by atoms with Crippen molar-refractivity contribution in [2.24, 2.45) is 5.92 Å². The van der Waals surface area contributed by atoms with E-state index in [0.29, 0.717) is 0 Å². The molecule has 0 aromatic rings. The molecule has 0 aliphatic heterocycles. The lowest BCUT2D eigenvalue weighted by atomic mass is 9.87. The third kappa shape index (κ3) is 4.33. The van der Waals surface area contributed by atoms with E-state index in [-0.39, 0.29) is 6.10 Å². The summed E-state index contributed by atoms with van der Waals surface area (Å²) in [6, 6.07) is 0. The first kappa shape index (κ1) is 10.6. The monoisotopic (exact) mass is 180 g/mol. The number of hydrogen-bond donors (Lipinski definition) is 0. The number of methoxy groups -OCH3 is 1. The predicted octanol–water partition coefficient (Wildman–Crippen LogP) is 3.00. The van der Waals surface area contributed by atoms with E-state index < -0.39 is 0 Å². The highest BCUT2D eigenvalue weighted by atomic mass is 16.5. The van der Waals surface area contributed by atoms with Crippen LogP contribution in [0.25, 0.3) is 0 Å². The fraction of sp³-hybridized carbons (Fsp3) is 0.833. The highest BCUT2D eigenvalue weighted by Gasteiger charge is 2.11. The summed E-state index contributed by atoms with van der Waals surface area (Å²) in [6.45, 7) is 1.99. The molecule has 1 saturated carbocycles. The first-order valence-corrected chi connectivity index (χ1v) is 5.34. The minimum absolute atomic E-state index is 0.101. The third-order valence-corrected chi connectivity index (χ3v) is 2.77. The molecular weight excluding hydrogens is 160 g/mol. The van der Waals surface area contributed by atoms with Crippen molar-refractivity contribution in [2.45, 2.75) is 51.6 Å². The molecule has 1 aliphatic rings. The Labute approximate surface area is 81.9 Å². The number of hydrogen-bond acceptors (Lipinski definition) is 1. The molecule has 1 unspecified atom stereocenters. The van der Waals surface area contributed by atoms with Gasteiger partial charge in [-0.1, -0.05) is 25.2 Å². The molecule has 0 bridgehead atoms. The summed E-state index contributed by atoms with van der Waals surface area (Å²) in [5, 5.41) is 0. The van der Waals surface area contributed by atoms with Crippen molar-refractivity contribution in [1.82, 2.24) is 0 Å². The van der Waals surface area contributed by atoms with Crippen LogP contribution >= 0.6 is 0 Å². The smallest absolute Gasteiger partial charge is 0.115 e. The van der Waals surface area contributed by atoms with Crippen LogP contribution in [0.15, 0.2) is 0 Å². The van der Waals surface area contributed by atoms with Crippen LogP contribution in [0.1, 0.15) is 45.4 Å². The lowest BCUT2D eigenvalue weighted by Crippen LogP contribution is -2.05. The SMILES string of the molecule is COC(C)C#CCC1CCCCC1. The first-order chi connectivity index (χ1) is 6.33. The highest BCUT2D eigenvalue weighted by Crippen LogP contribution is 2.25. The molecule has 0 saturated heterocycles. The zero-order valence-corrected chi connectivity index (χ0v) is 8.81. The van der Waals surface area contributed by atoms with Crippen LogP contribution in [0.3, 0.4) is 0 Å². The summed E-state index contributed by atoms with van der Waals surface area (Å²) in [5.41, 5.74) is 0. The molecule has 0 heterocycles. The largest absolute Gasteiger partial charge is 0.369 e. The zero-order chi connectivity index (χ0) is 9.52. The van der Waals surface area contributed by atoms with E-state index in [2.05, 4.69) is 11.8 Å². The molecular formula is C12H20O. The van der Waals surface area contributed by atoms with Crippen LogP contribution in [0.5, 0.6) is 0 Å². The quantitative estimate of drug-likeness (QED) is 0.594. The van der Waals surface area contributed by atoms with Crippen LogP contribution < -0.4 is 0 Å². The van der Waals surface area contributed by atoms with Crippen LogP contribution in [-0.4, -0.2) is 13.2 Å². The van der Waals surface area contributed by atoms with Crippen LogP contribution in [0.2, 0.25) is 0 Å². The second-order valence-electron chi connectivity index (χ2n) is 3.91. The summed E-state index contributed by atoms with van der Waals surface area (Å²) in [7, 11) is 1.71. The molecule has 1 heteroatoms. The Morgan fingerprint density at radius 3 is 2.62 bits per heavy atom. The van der Waals surface area contributed by atoms with Gasteiger partial charge < -0.3 is 4.74 Å². The van der Waals surface area contributed by atoms with Gasteiger partial charge in [-0.3, -0.25) is 0 Å². The van der Waals surface area contributed by atoms with E-state index in [1.54, 1.807) is 7.11 Å². The topological polar surface area (TPSA) is 9.23 Å². The normalized spacial score (nSPS) is 20.5. The lowest BCUT2D eigenvalue weighted by molar-refractivity contribution is 0.163. The molecule has 1 atom stereocenters. The van der Waals surface area contributed by atoms with Gasteiger partial charge in [0.25, 0.3) is 0 Å². The molecule has 1 fully saturated rings. The average Bonchev–Trinajstić information content (AvgIpc) is 2.19. The maximum absolute atomic E-state index is 5.07. The van der Waals surface area contributed by atoms with E-state index in [9.17, 15) is 0 Å². The van der Waals surface area contributed by atoms with Crippen LogP contribution in [0.4, 0.5) is 0 Å². The van der Waals surface area contributed by atoms with Gasteiger partial charge in [-0.2, -0.15) is 0 Å². The van der Waals surface area contributed by atoms with Gasteiger partial charge in [0.2, 0.25) is 0 Å². The summed E-state index contributed by atoms with van der Waals surface area (Å²) >= 11 is 0. The molecule has 0 amide bonds. The summed E-state index contributed by atoms with van der Waals surface area (Å²) in [5.74, 6) is 7.20. The van der Waals surface area contributed by atoms with Gasteiger partial charge in [-0.15, -0.1) is 5.92 Å². The Morgan fingerprint density at radius 2 is 2.00 bits per heavy atom. The van der Waals surface area contributed by atoms with Crippen molar-refractivity contribution in [3.8, 4) is 11.8 Å². The molecule has 0 spiro atoms. The number of rotatable bonds is 2. The summed E-state index contributed by atoms with van der Waals surface area (Å²) in [4.78, 5) is 0. The lowest BCUT2D eigenvalue weighted by Gasteiger charge is -2.18. The van der Waals surface area contributed by atoms with Crippen LogP contribution in [-0.2, 0) is 4.74 Å². The van der Waals surface area contributed by atoms with Gasteiger partial charge in [0, 0.05) is 13.5 Å². The van der Waals surface area contributed by atoms with E-state index in [0.717, 1.165) is 12.3 Å². The third-order valence-electron chi connectivity index (χ3n) is 2.77. The molecule has 1 aliphatic carbocycles. The first-order valence-electron chi connectivity index (χ1n) is 5.34. The van der Waals surface area contributed by atoms with Gasteiger partial charge in [0.1, 0.15) is 6.10 Å². The molecule has 0 aromatic heterocycles. The molecule has 1 rings (SSSR count). The Kier molecular flexibility index (Phi) is 4.93. The Morgan fingerprint density at radius 1 is 1.31 bits per heavy atom. The molecule has 0 aromatic carbocycles. The van der Waals surface area contributed by atoms with Crippen molar-refractivity contribution >= 4 is 0 Å². The molecule has 13 heavy (non-hydrogen) atoms. The standard InChI is InChI=1S/C12H20O/c1-11(13-2)7-6-10-12-8-4-3-5-9-12/h11-12H,3-5,8-10H2,1-2H3. The van der Waals surface area contributed by atoms with E-state index in [1.807, 2.05) is 6.92 Å². The Hall–Kier alpha value is -0.480. The minimum Gasteiger partial charge on any atom is -0.369 e. The Bertz CT molecular complexity index is 181. The maximum Gasteiger partial charge on any atom is 0.115 e. The fourth-order valence-corrected chi connectivity index (χ4v) is 1.80. The van der Waals surface area contributed by atoms with Crippen molar-refractivity contribution in [2.75, 3.05) is 7.11 Å². The molecule has 74 valence electrons. The van der Waals surface area contributed by atoms with E-state index in [4.69, 9.17) is 4.74 Å². The van der Waals surface area contributed by atoms with Crippen molar-refractivity contribution in [1.29, 1.82) is 0 Å². The van der Waals surface area contributed by atoms with Gasteiger partial charge in [-0.25, -0.2) is 0 Å². The second-order valence-corrected chi connectivity index (χ2v) is 3.91. The van der Waals surface area contributed by atoms with Gasteiger partial charge in [0.05, 0.1) is 0 Å². The molecule has 0 N–H and O–H groups in total. The van der Waals surface area contributed by atoms with Crippen molar-refractivity contribution in [3.05, 3.63) is 0 Å². The van der Waals surface area contributed by atoms with Crippen molar-refractivity contribution < 1.29 is 4.74 Å². The summed E-state index contributed by atoms with van der Waals surface area (Å²) < 4.78 is 5.07. The maximum atomic E-state index is 5.07. The Balaban J connectivity index is 2.18. The average molecular weight is 180 g/mol. The number of ether oxygens (including phenoxy) is 1. The van der Waals surface area contributed by atoms with Crippen molar-refractivity contribution in [3.63, 3.8) is 0 Å². The predicted molar refractivity (Wildman–Crippen MR) is 55.4 cm³/mol. The summed E-state index contributed by atoms with van der Waals surface area (Å²) in [6.07, 6.45) is 8.19. The highest BCUT2D eigenvalue weighted by molar-refractivity contribution is 5.04. The van der Waals surface area contributed by atoms with E-state index >= 15 is 0 Å². The second kappa shape index (κ2) is 6.05. The minimum atomic E-state index is 0.101. The molecule has 1 nitrogen and oxygen atoms in total. The van der Waals surface area contributed by atoms with Gasteiger partial charge in [-0.05, 0) is 25.7 Å². The van der Waals surface area contributed by atoms with Gasteiger partial charge >= 0.3 is 0 Å². The fourth-order valence-electron chi connectivity index (χ4n) is 1.80. The molecule has 0 radical (unpaired) electrons.